The van der Waals surface area contributed by atoms with E-state index in [2.05, 4.69) is 5.32 Å². The Labute approximate surface area is 128 Å². The summed E-state index contributed by atoms with van der Waals surface area (Å²) in [6.07, 6.45) is 8.75. The Balaban J connectivity index is 1.60. The molecule has 1 aromatic rings. The number of hydrogen-bond acceptors (Lipinski definition) is 2. The molecule has 1 N–H and O–H groups in total. The Morgan fingerprint density at radius 3 is 2.71 bits per heavy atom. The van der Waals surface area contributed by atoms with Crippen LogP contribution in [-0.4, -0.2) is 18.6 Å². The molecule has 0 aliphatic heterocycles. The van der Waals surface area contributed by atoms with Crippen LogP contribution in [0.25, 0.3) is 0 Å². The fourth-order valence-electron chi connectivity index (χ4n) is 2.85. The first-order valence-corrected chi connectivity index (χ1v) is 8.23. The number of ether oxygens (including phenoxy) is 1. The minimum atomic E-state index is 0.176. The van der Waals surface area contributed by atoms with Crippen molar-refractivity contribution in [3.63, 3.8) is 0 Å². The number of carbonyl (C=O) groups is 1. The molecule has 1 amide bonds. The van der Waals surface area contributed by atoms with Crippen molar-refractivity contribution < 1.29 is 9.53 Å². The summed E-state index contributed by atoms with van der Waals surface area (Å²) in [5.74, 6) is 1.06. The molecule has 116 valence electrons. The Bertz CT molecular complexity index is 437. The van der Waals surface area contributed by atoms with Crippen LogP contribution in [0.2, 0.25) is 0 Å². The molecule has 0 atom stereocenters. The number of rotatable bonds is 6. The second kappa shape index (κ2) is 8.71. The first kappa shape index (κ1) is 15.9. The Kier molecular flexibility index (Phi) is 6.58. The number of benzene rings is 1. The van der Waals surface area contributed by atoms with Crippen molar-refractivity contribution in [1.29, 1.82) is 0 Å². The van der Waals surface area contributed by atoms with Gasteiger partial charge in [-0.25, -0.2) is 0 Å². The minimum Gasteiger partial charge on any atom is -0.494 e. The average molecular weight is 289 g/mol. The van der Waals surface area contributed by atoms with Crippen molar-refractivity contribution in [3.05, 3.63) is 29.8 Å². The van der Waals surface area contributed by atoms with Crippen molar-refractivity contribution in [2.75, 3.05) is 6.61 Å². The van der Waals surface area contributed by atoms with Gasteiger partial charge >= 0.3 is 0 Å². The zero-order valence-corrected chi connectivity index (χ0v) is 13.1. The second-order valence-corrected chi connectivity index (χ2v) is 6.02. The highest BCUT2D eigenvalue weighted by Gasteiger charge is 2.14. The summed E-state index contributed by atoms with van der Waals surface area (Å²) >= 11 is 0. The zero-order valence-electron chi connectivity index (χ0n) is 13.1. The van der Waals surface area contributed by atoms with Crippen molar-refractivity contribution in [3.8, 4) is 5.75 Å². The van der Waals surface area contributed by atoms with E-state index in [4.69, 9.17) is 4.74 Å². The summed E-state index contributed by atoms with van der Waals surface area (Å²) in [7, 11) is 0. The summed E-state index contributed by atoms with van der Waals surface area (Å²) in [4.78, 5) is 11.9. The third-order valence-electron chi connectivity index (χ3n) is 4.03. The van der Waals surface area contributed by atoms with Gasteiger partial charge in [0.25, 0.3) is 0 Å². The Hall–Kier alpha value is -1.51. The van der Waals surface area contributed by atoms with E-state index in [9.17, 15) is 4.79 Å². The zero-order chi connectivity index (χ0) is 14.9. The van der Waals surface area contributed by atoms with Gasteiger partial charge in [-0.05, 0) is 43.9 Å². The van der Waals surface area contributed by atoms with E-state index in [1.54, 1.807) is 0 Å². The van der Waals surface area contributed by atoms with Crippen LogP contribution in [0.5, 0.6) is 5.75 Å². The van der Waals surface area contributed by atoms with Gasteiger partial charge in [-0.2, -0.15) is 0 Å². The summed E-state index contributed by atoms with van der Waals surface area (Å²) in [6.45, 7) is 2.65. The predicted octanol–water partition coefficient (Wildman–Crippen LogP) is 3.99. The van der Waals surface area contributed by atoms with Crippen LogP contribution in [0.15, 0.2) is 24.3 Å². The van der Waals surface area contributed by atoms with E-state index >= 15 is 0 Å². The molecule has 0 heterocycles. The van der Waals surface area contributed by atoms with E-state index in [0.717, 1.165) is 25.0 Å². The number of aryl methyl sites for hydroxylation is 1. The Morgan fingerprint density at radius 2 is 2.00 bits per heavy atom. The molecule has 0 spiro atoms. The first-order valence-electron chi connectivity index (χ1n) is 8.23. The van der Waals surface area contributed by atoms with E-state index in [1.165, 1.54) is 31.2 Å². The molecule has 1 fully saturated rings. The van der Waals surface area contributed by atoms with Gasteiger partial charge in [-0.15, -0.1) is 0 Å². The van der Waals surface area contributed by atoms with Gasteiger partial charge in [0.1, 0.15) is 5.75 Å². The summed E-state index contributed by atoms with van der Waals surface area (Å²) in [5.41, 5.74) is 1.19. The van der Waals surface area contributed by atoms with Crippen LogP contribution >= 0.6 is 0 Å². The molecule has 1 saturated carbocycles. The second-order valence-electron chi connectivity index (χ2n) is 6.02. The fourth-order valence-corrected chi connectivity index (χ4v) is 2.85. The highest BCUT2D eigenvalue weighted by molar-refractivity contribution is 5.76. The minimum absolute atomic E-state index is 0.176. The maximum Gasteiger partial charge on any atom is 0.220 e. The topological polar surface area (TPSA) is 38.3 Å². The molecule has 1 aromatic carbocycles. The molecule has 3 heteroatoms. The molecule has 3 nitrogen and oxygen atoms in total. The monoisotopic (exact) mass is 289 g/mol. The predicted molar refractivity (Wildman–Crippen MR) is 85.5 cm³/mol. The summed E-state index contributed by atoms with van der Waals surface area (Å²) in [5, 5.41) is 3.17. The normalized spacial score (nSPS) is 16.2. The van der Waals surface area contributed by atoms with Gasteiger partial charge < -0.3 is 10.1 Å². The largest absolute Gasteiger partial charge is 0.494 e. The molecular weight excluding hydrogens is 262 g/mol. The fraction of sp³-hybridized carbons (Fsp3) is 0.611. The molecule has 0 bridgehead atoms. The lowest BCUT2D eigenvalue weighted by Gasteiger charge is -2.16. The van der Waals surface area contributed by atoms with Crippen LogP contribution in [-0.2, 0) is 4.79 Å². The number of hydrogen-bond donors (Lipinski definition) is 1. The van der Waals surface area contributed by atoms with E-state index in [-0.39, 0.29) is 5.91 Å². The van der Waals surface area contributed by atoms with Crippen molar-refractivity contribution in [1.82, 2.24) is 5.32 Å². The van der Waals surface area contributed by atoms with Gasteiger partial charge in [0, 0.05) is 12.5 Å². The maximum atomic E-state index is 11.9. The van der Waals surface area contributed by atoms with E-state index in [0.29, 0.717) is 19.1 Å². The molecule has 1 aliphatic carbocycles. The molecule has 0 aromatic heterocycles. The Morgan fingerprint density at radius 1 is 1.24 bits per heavy atom. The molecule has 1 aliphatic rings. The van der Waals surface area contributed by atoms with Crippen LogP contribution in [0.3, 0.4) is 0 Å². The molecule has 0 unspecified atom stereocenters. The maximum absolute atomic E-state index is 11.9. The standard InChI is InChI=1S/C18H27NO2/c1-15-8-6-11-17(14-15)21-13-7-12-18(20)19-16-9-4-2-3-5-10-16/h6,8,11,14,16H,2-5,7,9-10,12-13H2,1H3,(H,19,20). The lowest BCUT2D eigenvalue weighted by molar-refractivity contribution is -0.122. The molecule has 0 saturated heterocycles. The third kappa shape index (κ3) is 6.19. The van der Waals surface area contributed by atoms with Crippen molar-refractivity contribution in [2.45, 2.75) is 64.3 Å². The number of nitrogens with one attached hydrogen (secondary N) is 1. The quantitative estimate of drug-likeness (QED) is 0.635. The molecule has 0 radical (unpaired) electrons. The number of amides is 1. The molecule has 2 rings (SSSR count). The van der Waals surface area contributed by atoms with Gasteiger partial charge in [0.15, 0.2) is 0 Å². The molecular formula is C18H27NO2. The van der Waals surface area contributed by atoms with E-state index in [1.807, 2.05) is 31.2 Å². The third-order valence-corrected chi connectivity index (χ3v) is 4.03. The lowest BCUT2D eigenvalue weighted by Crippen LogP contribution is -2.34. The summed E-state index contributed by atoms with van der Waals surface area (Å²) in [6, 6.07) is 8.42. The lowest BCUT2D eigenvalue weighted by atomic mass is 10.1. The smallest absolute Gasteiger partial charge is 0.220 e. The van der Waals surface area contributed by atoms with Gasteiger partial charge in [-0.1, -0.05) is 37.8 Å². The average Bonchev–Trinajstić information content (AvgIpc) is 2.72. The highest BCUT2D eigenvalue weighted by Crippen LogP contribution is 2.17. The molecule has 21 heavy (non-hydrogen) atoms. The van der Waals surface area contributed by atoms with Gasteiger partial charge in [-0.3, -0.25) is 4.79 Å². The van der Waals surface area contributed by atoms with Crippen LogP contribution < -0.4 is 10.1 Å². The SMILES string of the molecule is Cc1cccc(OCCCC(=O)NC2CCCCCC2)c1. The van der Waals surface area contributed by atoms with E-state index < -0.39 is 0 Å². The van der Waals surface area contributed by atoms with Crippen LogP contribution in [0, 0.1) is 6.92 Å². The van der Waals surface area contributed by atoms with Crippen LogP contribution in [0.1, 0.15) is 56.9 Å². The van der Waals surface area contributed by atoms with Crippen LogP contribution in [0.4, 0.5) is 0 Å². The van der Waals surface area contributed by atoms with Crippen molar-refractivity contribution >= 4 is 5.91 Å². The number of carbonyl (C=O) groups excluding carboxylic acids is 1. The van der Waals surface area contributed by atoms with Crippen molar-refractivity contribution in [2.24, 2.45) is 0 Å². The van der Waals surface area contributed by atoms with Gasteiger partial charge in [0.2, 0.25) is 5.91 Å². The summed E-state index contributed by atoms with van der Waals surface area (Å²) < 4.78 is 5.67. The highest BCUT2D eigenvalue weighted by atomic mass is 16.5. The first-order chi connectivity index (χ1) is 10.2. The van der Waals surface area contributed by atoms with Gasteiger partial charge in [0.05, 0.1) is 6.61 Å².